The van der Waals surface area contributed by atoms with E-state index in [2.05, 4.69) is 15.5 Å². The lowest BCUT2D eigenvalue weighted by Crippen LogP contribution is -2.25. The first-order chi connectivity index (χ1) is 10.1. The van der Waals surface area contributed by atoms with Gasteiger partial charge in [-0.3, -0.25) is 9.78 Å². The van der Waals surface area contributed by atoms with Crippen molar-refractivity contribution in [2.24, 2.45) is 5.10 Å². The maximum atomic E-state index is 11.8. The van der Waals surface area contributed by atoms with Crippen LogP contribution in [0.5, 0.6) is 0 Å². The highest BCUT2D eigenvalue weighted by molar-refractivity contribution is 6.07. The molecule has 0 aliphatic heterocycles. The molecule has 1 N–H and O–H groups in total. The molecule has 0 aliphatic carbocycles. The zero-order valence-electron chi connectivity index (χ0n) is 11.2. The average Bonchev–Trinajstić information content (AvgIpc) is 2.53. The van der Waals surface area contributed by atoms with Crippen molar-refractivity contribution >= 4 is 17.6 Å². The summed E-state index contributed by atoms with van der Waals surface area (Å²) in [7, 11) is 0. The molecule has 0 aliphatic rings. The molecular weight excluding hydrogens is 270 g/mol. The predicted molar refractivity (Wildman–Crippen MR) is 74.7 cm³/mol. The van der Waals surface area contributed by atoms with E-state index in [0.717, 1.165) is 0 Å². The van der Waals surface area contributed by atoms with Crippen LogP contribution in [-0.2, 0) is 0 Å². The minimum atomic E-state index is -1.29. The first-order valence-corrected chi connectivity index (χ1v) is 6.15. The van der Waals surface area contributed by atoms with Gasteiger partial charge >= 0.3 is 0 Å². The average molecular weight is 282 g/mol. The molecule has 0 radical (unpaired) electrons. The molecule has 0 bridgehead atoms. The van der Waals surface area contributed by atoms with Gasteiger partial charge in [-0.1, -0.05) is 24.3 Å². The van der Waals surface area contributed by atoms with Crippen LogP contribution in [0.3, 0.4) is 0 Å². The quantitative estimate of drug-likeness (QED) is 0.656. The summed E-state index contributed by atoms with van der Waals surface area (Å²) < 4.78 is 0. The van der Waals surface area contributed by atoms with Crippen molar-refractivity contribution in [3.8, 4) is 0 Å². The van der Waals surface area contributed by atoms with Gasteiger partial charge in [-0.25, -0.2) is 5.43 Å². The number of nitrogens with one attached hydrogen (secondary N) is 1. The molecule has 2 aromatic rings. The number of aromatic carboxylic acids is 1. The number of carboxylic acid groups (broad SMARTS) is 1. The maximum Gasteiger partial charge on any atom is 0.271 e. The summed E-state index contributed by atoms with van der Waals surface area (Å²) in [6.07, 6.45) is 2.99. The molecule has 1 aromatic heterocycles. The Labute approximate surface area is 121 Å². The van der Waals surface area contributed by atoms with E-state index >= 15 is 0 Å². The molecule has 1 aromatic carbocycles. The predicted octanol–water partition coefficient (Wildman–Crippen LogP) is 0.599. The number of amides is 1. The molecule has 21 heavy (non-hydrogen) atoms. The number of carbonyl (C=O) groups excluding carboxylic acids is 2. The molecule has 0 saturated heterocycles. The highest BCUT2D eigenvalue weighted by Crippen LogP contribution is 2.09. The van der Waals surface area contributed by atoms with Gasteiger partial charge in [0.1, 0.15) is 0 Å². The molecule has 6 nitrogen and oxygen atoms in total. The van der Waals surface area contributed by atoms with Crippen LogP contribution >= 0.6 is 0 Å². The van der Waals surface area contributed by atoms with Gasteiger partial charge in [0.25, 0.3) is 5.91 Å². The van der Waals surface area contributed by atoms with Gasteiger partial charge in [-0.05, 0) is 19.1 Å². The zero-order chi connectivity index (χ0) is 15.2. The first-order valence-electron chi connectivity index (χ1n) is 6.15. The molecule has 0 unspecified atom stereocenters. The third-order valence-corrected chi connectivity index (χ3v) is 2.80. The Hall–Kier alpha value is -3.02. The summed E-state index contributed by atoms with van der Waals surface area (Å²) in [6, 6.07) is 9.41. The Morgan fingerprint density at radius 2 is 1.71 bits per heavy atom. The molecule has 106 valence electrons. The van der Waals surface area contributed by atoms with Crippen LogP contribution in [0.25, 0.3) is 0 Å². The molecule has 1 heterocycles. The van der Waals surface area contributed by atoms with Gasteiger partial charge in [-0.2, -0.15) is 5.10 Å². The number of hydrogen-bond donors (Lipinski definition) is 1. The third kappa shape index (κ3) is 3.50. The van der Waals surface area contributed by atoms with Gasteiger partial charge in [0.15, 0.2) is 0 Å². The van der Waals surface area contributed by atoms with Crippen LogP contribution in [0.2, 0.25) is 0 Å². The van der Waals surface area contributed by atoms with Crippen LogP contribution in [-0.4, -0.2) is 22.6 Å². The van der Waals surface area contributed by atoms with Crippen molar-refractivity contribution in [3.05, 3.63) is 65.5 Å². The molecule has 0 atom stereocenters. The Kier molecular flexibility index (Phi) is 4.40. The van der Waals surface area contributed by atoms with E-state index in [0.29, 0.717) is 16.8 Å². The Morgan fingerprint density at radius 3 is 2.33 bits per heavy atom. The molecular formula is C15H12N3O3-. The lowest BCUT2D eigenvalue weighted by Gasteiger charge is -2.09. The summed E-state index contributed by atoms with van der Waals surface area (Å²) in [6.45, 7) is 1.61. The topological polar surface area (TPSA) is 94.5 Å². The standard InChI is InChI=1S/C15H13N3O3/c1-10(12-4-2-3-5-13(12)15(20)21)17-18-14(19)11-6-8-16-9-7-11/h2-9H,1H3,(H,18,19)(H,20,21)/p-1/b17-10-. The molecule has 0 spiro atoms. The van der Waals surface area contributed by atoms with Crippen LogP contribution < -0.4 is 10.5 Å². The number of rotatable bonds is 4. The van der Waals surface area contributed by atoms with Crippen LogP contribution in [0, 0.1) is 0 Å². The number of carbonyl (C=O) groups is 2. The van der Waals surface area contributed by atoms with Gasteiger partial charge in [0.05, 0.1) is 11.7 Å². The lowest BCUT2D eigenvalue weighted by molar-refractivity contribution is -0.255. The third-order valence-electron chi connectivity index (χ3n) is 2.80. The van der Waals surface area contributed by atoms with Crippen molar-refractivity contribution in [3.63, 3.8) is 0 Å². The van der Waals surface area contributed by atoms with Crippen molar-refractivity contribution in [2.45, 2.75) is 6.92 Å². The molecule has 1 amide bonds. The van der Waals surface area contributed by atoms with E-state index < -0.39 is 11.9 Å². The van der Waals surface area contributed by atoms with Crippen molar-refractivity contribution in [2.75, 3.05) is 0 Å². The second-order valence-electron chi connectivity index (χ2n) is 4.21. The van der Waals surface area contributed by atoms with Crippen LogP contribution in [0.15, 0.2) is 53.9 Å². The highest BCUT2D eigenvalue weighted by Gasteiger charge is 2.07. The maximum absolute atomic E-state index is 11.8. The minimum Gasteiger partial charge on any atom is -0.545 e. The van der Waals surface area contributed by atoms with E-state index in [-0.39, 0.29) is 5.56 Å². The largest absolute Gasteiger partial charge is 0.545 e. The summed E-state index contributed by atoms with van der Waals surface area (Å²) in [5, 5.41) is 14.9. The van der Waals surface area contributed by atoms with Crippen molar-refractivity contribution < 1.29 is 14.7 Å². The van der Waals surface area contributed by atoms with Gasteiger partial charge < -0.3 is 9.90 Å². The monoisotopic (exact) mass is 282 g/mol. The van der Waals surface area contributed by atoms with E-state index in [9.17, 15) is 14.7 Å². The van der Waals surface area contributed by atoms with Crippen molar-refractivity contribution in [1.82, 2.24) is 10.4 Å². The summed E-state index contributed by atoms with van der Waals surface area (Å²) in [5.41, 5.74) is 3.58. The minimum absolute atomic E-state index is 0.0249. The smallest absolute Gasteiger partial charge is 0.271 e. The second kappa shape index (κ2) is 6.42. The lowest BCUT2D eigenvalue weighted by atomic mass is 10.0. The molecule has 0 fully saturated rings. The fourth-order valence-corrected chi connectivity index (χ4v) is 1.74. The number of benzene rings is 1. The highest BCUT2D eigenvalue weighted by atomic mass is 16.4. The van der Waals surface area contributed by atoms with E-state index in [1.807, 2.05) is 0 Å². The van der Waals surface area contributed by atoms with E-state index in [4.69, 9.17) is 0 Å². The SMILES string of the molecule is C/C(=N/NC(=O)c1ccncc1)c1ccccc1C(=O)[O-]. The fourth-order valence-electron chi connectivity index (χ4n) is 1.74. The number of aromatic nitrogens is 1. The first kappa shape index (κ1) is 14.4. The summed E-state index contributed by atoms with van der Waals surface area (Å²) >= 11 is 0. The summed E-state index contributed by atoms with van der Waals surface area (Å²) in [4.78, 5) is 26.7. The molecule has 0 saturated carbocycles. The Bertz CT molecular complexity index is 696. The van der Waals surface area contributed by atoms with Crippen LogP contribution in [0.4, 0.5) is 0 Å². The van der Waals surface area contributed by atoms with Crippen LogP contribution in [0.1, 0.15) is 33.2 Å². The number of carboxylic acids is 1. The molecule has 2 rings (SSSR count). The number of hydrazone groups is 1. The van der Waals surface area contributed by atoms with E-state index in [1.165, 1.54) is 18.5 Å². The molecule has 6 heteroatoms. The number of nitrogens with zero attached hydrogens (tertiary/aromatic N) is 2. The fraction of sp³-hybridized carbons (Fsp3) is 0.0667. The summed E-state index contributed by atoms with van der Waals surface area (Å²) in [5.74, 6) is -1.69. The number of pyridine rings is 1. The van der Waals surface area contributed by atoms with Crippen molar-refractivity contribution in [1.29, 1.82) is 0 Å². The zero-order valence-corrected chi connectivity index (χ0v) is 11.2. The van der Waals surface area contributed by atoms with Gasteiger partial charge in [0, 0.05) is 29.1 Å². The Balaban J connectivity index is 2.19. The second-order valence-corrected chi connectivity index (χ2v) is 4.21. The normalized spacial score (nSPS) is 11.0. The van der Waals surface area contributed by atoms with Gasteiger partial charge in [0.2, 0.25) is 0 Å². The van der Waals surface area contributed by atoms with Gasteiger partial charge in [-0.15, -0.1) is 0 Å². The number of hydrogen-bond acceptors (Lipinski definition) is 5. The van der Waals surface area contributed by atoms with E-state index in [1.54, 1.807) is 37.3 Å². The Morgan fingerprint density at radius 1 is 1.10 bits per heavy atom.